The summed E-state index contributed by atoms with van der Waals surface area (Å²) in [6, 6.07) is 10.1. The van der Waals surface area contributed by atoms with Gasteiger partial charge in [-0.2, -0.15) is 5.10 Å². The topological polar surface area (TPSA) is 73.2 Å². The van der Waals surface area contributed by atoms with Crippen LogP contribution in [0.15, 0.2) is 35.4 Å². The third-order valence-corrected chi connectivity index (χ3v) is 6.61. The molecular formula is C22H29N3O3. The van der Waals surface area contributed by atoms with E-state index in [9.17, 15) is 14.7 Å². The molecule has 2 aliphatic heterocycles. The van der Waals surface area contributed by atoms with Crippen LogP contribution in [0.4, 0.5) is 0 Å². The van der Waals surface area contributed by atoms with Crippen LogP contribution in [0.2, 0.25) is 0 Å². The maximum atomic E-state index is 13.2. The number of benzene rings is 1. The van der Waals surface area contributed by atoms with Crippen molar-refractivity contribution in [3.8, 4) is 0 Å². The molecular weight excluding hydrogens is 354 g/mol. The third kappa shape index (κ3) is 3.58. The van der Waals surface area contributed by atoms with Gasteiger partial charge in [0.25, 0.3) is 0 Å². The smallest absolute Gasteiger partial charge is 0.310 e. The van der Waals surface area contributed by atoms with Crippen LogP contribution < -0.4 is 0 Å². The predicted molar refractivity (Wildman–Crippen MR) is 107 cm³/mol. The van der Waals surface area contributed by atoms with Gasteiger partial charge in [0.2, 0.25) is 5.91 Å². The van der Waals surface area contributed by atoms with Gasteiger partial charge in [-0.05, 0) is 44.1 Å². The average Bonchev–Trinajstić information content (AvgIpc) is 3.35. The van der Waals surface area contributed by atoms with Crippen LogP contribution >= 0.6 is 0 Å². The number of carboxylic acid groups (broad SMARTS) is 1. The lowest BCUT2D eigenvalue weighted by molar-refractivity contribution is -0.147. The number of rotatable bonds is 5. The van der Waals surface area contributed by atoms with Crippen molar-refractivity contribution in [3.05, 3.63) is 35.9 Å². The van der Waals surface area contributed by atoms with Crippen LogP contribution in [0.1, 0.15) is 44.7 Å². The zero-order chi connectivity index (χ0) is 19.9. The van der Waals surface area contributed by atoms with E-state index in [4.69, 9.17) is 0 Å². The Kier molecular flexibility index (Phi) is 5.00. The lowest BCUT2D eigenvalue weighted by Crippen LogP contribution is -2.39. The van der Waals surface area contributed by atoms with Crippen molar-refractivity contribution < 1.29 is 14.7 Å². The molecule has 1 saturated carbocycles. The average molecular weight is 383 g/mol. The monoisotopic (exact) mass is 383 g/mol. The highest BCUT2D eigenvalue weighted by molar-refractivity contribution is 5.82. The molecule has 1 N–H and O–H groups in total. The molecule has 1 saturated heterocycles. The number of carbonyl (C=O) groups excluding carboxylic acids is 1. The molecule has 6 heteroatoms. The minimum Gasteiger partial charge on any atom is -0.481 e. The van der Waals surface area contributed by atoms with E-state index < -0.39 is 11.4 Å². The predicted octanol–water partition coefficient (Wildman–Crippen LogP) is 3.01. The van der Waals surface area contributed by atoms with Crippen LogP contribution in [0.3, 0.4) is 0 Å². The van der Waals surface area contributed by atoms with Gasteiger partial charge in [-0.15, -0.1) is 0 Å². The fourth-order valence-corrected chi connectivity index (χ4v) is 5.12. The summed E-state index contributed by atoms with van der Waals surface area (Å²) in [7, 11) is 0. The Hall–Kier alpha value is -2.21. The molecule has 4 rings (SSSR count). The molecule has 1 aromatic carbocycles. The summed E-state index contributed by atoms with van der Waals surface area (Å²) in [6.07, 6.45) is 4.40. The molecule has 2 unspecified atom stereocenters. The third-order valence-electron chi connectivity index (χ3n) is 6.61. The van der Waals surface area contributed by atoms with Gasteiger partial charge in [-0.25, -0.2) is 5.01 Å². The molecule has 4 atom stereocenters. The maximum absolute atomic E-state index is 13.2. The molecule has 2 heterocycles. The Balaban J connectivity index is 1.36. The maximum Gasteiger partial charge on any atom is 0.310 e. The fourth-order valence-electron chi connectivity index (χ4n) is 5.12. The fraction of sp³-hybridized carbons (Fsp3) is 0.591. The Labute approximate surface area is 166 Å². The van der Waals surface area contributed by atoms with E-state index in [0.29, 0.717) is 18.4 Å². The molecule has 0 radical (unpaired) electrons. The molecule has 1 amide bonds. The summed E-state index contributed by atoms with van der Waals surface area (Å²) in [5, 5.41) is 15.5. The van der Waals surface area contributed by atoms with Crippen LogP contribution in [0.5, 0.6) is 0 Å². The van der Waals surface area contributed by atoms with Crippen LogP contribution in [0, 0.1) is 23.2 Å². The molecule has 28 heavy (non-hydrogen) atoms. The standard InChI is InChI=1S/C22H29N3O3/c1-22(2,21(27)28)14-24-12-17-10-16(11-18(17)13-24)20(26)25-19(8-9-23-25)15-6-4-3-5-7-15/h3-7,9,16-19H,8,10-14H2,1-2H3,(H,27,28)/t16?,17-,18+,19?. The second-order valence-electron chi connectivity index (χ2n) is 9.21. The number of amides is 1. The van der Waals surface area contributed by atoms with Gasteiger partial charge in [0, 0.05) is 38.2 Å². The highest BCUT2D eigenvalue weighted by atomic mass is 16.4. The number of nitrogens with zero attached hydrogens (tertiary/aromatic N) is 3. The van der Waals surface area contributed by atoms with Crippen LogP contribution in [-0.2, 0) is 9.59 Å². The SMILES string of the molecule is CC(C)(CN1C[C@H]2CC(C(=O)N3N=CCC3c3ccccc3)C[C@H]2C1)C(=O)O. The number of carbonyl (C=O) groups is 2. The first-order valence-electron chi connectivity index (χ1n) is 10.2. The highest BCUT2D eigenvalue weighted by Crippen LogP contribution is 2.44. The van der Waals surface area contributed by atoms with Gasteiger partial charge >= 0.3 is 5.97 Å². The molecule has 1 aliphatic carbocycles. The van der Waals surface area contributed by atoms with E-state index in [1.807, 2.05) is 24.4 Å². The van der Waals surface area contributed by atoms with Gasteiger partial charge in [-0.3, -0.25) is 9.59 Å². The summed E-state index contributed by atoms with van der Waals surface area (Å²) >= 11 is 0. The summed E-state index contributed by atoms with van der Waals surface area (Å²) < 4.78 is 0. The zero-order valence-corrected chi connectivity index (χ0v) is 16.6. The van der Waals surface area contributed by atoms with Gasteiger partial charge < -0.3 is 10.0 Å². The van der Waals surface area contributed by atoms with Crippen molar-refractivity contribution in [2.75, 3.05) is 19.6 Å². The molecule has 150 valence electrons. The molecule has 6 nitrogen and oxygen atoms in total. The van der Waals surface area contributed by atoms with Gasteiger partial charge in [0.15, 0.2) is 0 Å². The van der Waals surface area contributed by atoms with Crippen molar-refractivity contribution in [3.63, 3.8) is 0 Å². The minimum absolute atomic E-state index is 0.0157. The van der Waals surface area contributed by atoms with E-state index in [1.54, 1.807) is 18.9 Å². The van der Waals surface area contributed by atoms with E-state index in [-0.39, 0.29) is 17.9 Å². The number of aliphatic carboxylic acids is 1. The number of hydrogen-bond acceptors (Lipinski definition) is 4. The van der Waals surface area contributed by atoms with E-state index in [2.05, 4.69) is 22.1 Å². The first-order chi connectivity index (χ1) is 13.3. The van der Waals surface area contributed by atoms with Crippen molar-refractivity contribution >= 4 is 18.1 Å². The van der Waals surface area contributed by atoms with E-state index in [0.717, 1.165) is 37.9 Å². The minimum atomic E-state index is -0.753. The van der Waals surface area contributed by atoms with Gasteiger partial charge in [0.05, 0.1) is 11.5 Å². The molecule has 3 aliphatic rings. The first-order valence-corrected chi connectivity index (χ1v) is 10.2. The first kappa shape index (κ1) is 19.1. The number of hydrogen-bond donors (Lipinski definition) is 1. The molecule has 0 spiro atoms. The molecule has 0 aromatic heterocycles. The second kappa shape index (κ2) is 7.32. The van der Waals surface area contributed by atoms with E-state index >= 15 is 0 Å². The lowest BCUT2D eigenvalue weighted by atomic mass is 9.93. The number of fused-ring (bicyclic) bond motifs is 1. The largest absolute Gasteiger partial charge is 0.481 e. The summed E-state index contributed by atoms with van der Waals surface area (Å²) in [4.78, 5) is 26.9. The van der Waals surface area contributed by atoms with Crippen LogP contribution in [0.25, 0.3) is 0 Å². The number of hydrazone groups is 1. The molecule has 1 aromatic rings. The van der Waals surface area contributed by atoms with Crippen molar-refractivity contribution in [1.82, 2.24) is 9.91 Å². The van der Waals surface area contributed by atoms with Crippen molar-refractivity contribution in [2.24, 2.45) is 28.3 Å². The van der Waals surface area contributed by atoms with Crippen molar-refractivity contribution in [1.29, 1.82) is 0 Å². The summed E-state index contributed by atoms with van der Waals surface area (Å²) in [5.41, 5.74) is 0.398. The quantitative estimate of drug-likeness (QED) is 0.848. The van der Waals surface area contributed by atoms with Gasteiger partial charge in [-0.1, -0.05) is 30.3 Å². The zero-order valence-electron chi connectivity index (χ0n) is 16.6. The normalized spacial score (nSPS) is 30.0. The molecule has 0 bridgehead atoms. The summed E-state index contributed by atoms with van der Waals surface area (Å²) in [6.45, 7) is 5.93. The summed E-state index contributed by atoms with van der Waals surface area (Å²) in [5.74, 6) is 0.401. The lowest BCUT2D eigenvalue weighted by Gasteiger charge is -2.28. The highest BCUT2D eigenvalue weighted by Gasteiger charge is 2.46. The van der Waals surface area contributed by atoms with Crippen LogP contribution in [-0.4, -0.2) is 52.7 Å². The Morgan fingerprint density at radius 2 is 1.79 bits per heavy atom. The number of likely N-dealkylation sites (tertiary alicyclic amines) is 1. The van der Waals surface area contributed by atoms with Crippen molar-refractivity contribution in [2.45, 2.75) is 39.2 Å². The number of carboxylic acids is 1. The van der Waals surface area contributed by atoms with E-state index in [1.165, 1.54) is 0 Å². The second-order valence-corrected chi connectivity index (χ2v) is 9.21. The Morgan fingerprint density at radius 1 is 1.14 bits per heavy atom. The Bertz CT molecular complexity index is 762. The van der Waals surface area contributed by atoms with Gasteiger partial charge in [0.1, 0.15) is 0 Å². The molecule has 2 fully saturated rings. The Morgan fingerprint density at radius 3 is 2.39 bits per heavy atom.